The van der Waals surface area contributed by atoms with Gasteiger partial charge in [-0.2, -0.15) is 5.06 Å². The Morgan fingerprint density at radius 3 is 2.47 bits per heavy atom. The highest BCUT2D eigenvalue weighted by Gasteiger charge is 2.78. The summed E-state index contributed by atoms with van der Waals surface area (Å²) in [6, 6.07) is 6.37. The van der Waals surface area contributed by atoms with Crippen molar-refractivity contribution >= 4 is 18.0 Å². The van der Waals surface area contributed by atoms with Gasteiger partial charge in [-0.3, -0.25) is 14.4 Å². The average Bonchev–Trinajstić information content (AvgIpc) is 4.05. The first-order valence-electron chi connectivity index (χ1n) is 17.3. The van der Waals surface area contributed by atoms with Gasteiger partial charge in [0, 0.05) is 24.8 Å². The second kappa shape index (κ2) is 12.9. The maximum Gasteiger partial charge on any atom is 0.327 e. The smallest absolute Gasteiger partial charge is 0.327 e. The number of fused-ring (bicyclic) bond motifs is 4. The molecule has 49 heavy (non-hydrogen) atoms. The molecule has 7 aliphatic rings. The summed E-state index contributed by atoms with van der Waals surface area (Å²) in [4.78, 5) is 34.6. The Labute approximate surface area is 282 Å². The molecule has 8 rings (SSSR count). The molecule has 11 unspecified atom stereocenters. The molecule has 3 aliphatic carbocycles. The molecular formula is C34H44N2O13. The zero-order valence-electron chi connectivity index (χ0n) is 26.9. The predicted molar refractivity (Wildman–Crippen MR) is 164 cm³/mol. The van der Waals surface area contributed by atoms with Crippen molar-refractivity contribution in [2.75, 3.05) is 26.4 Å². The molecular weight excluding hydrogens is 644 g/mol. The summed E-state index contributed by atoms with van der Waals surface area (Å²) in [5.41, 5.74) is 0.211. The summed E-state index contributed by atoms with van der Waals surface area (Å²) in [7, 11) is 0. The van der Waals surface area contributed by atoms with Crippen molar-refractivity contribution in [3.63, 3.8) is 0 Å². The monoisotopic (exact) mass is 688 g/mol. The van der Waals surface area contributed by atoms with Gasteiger partial charge in [0.2, 0.25) is 5.91 Å². The number of ether oxygens (including phenoxy) is 5. The summed E-state index contributed by atoms with van der Waals surface area (Å²) >= 11 is 0. The minimum absolute atomic E-state index is 0.0259. The third-order valence-corrected chi connectivity index (χ3v) is 11.2. The normalized spacial score (nSPS) is 41.1. The predicted octanol–water partition coefficient (Wildman–Crippen LogP) is -1.27. The van der Waals surface area contributed by atoms with Crippen LogP contribution in [0.3, 0.4) is 0 Å². The first-order chi connectivity index (χ1) is 23.7. The molecule has 15 heteroatoms. The van der Waals surface area contributed by atoms with Crippen molar-refractivity contribution in [3.05, 3.63) is 41.5 Å². The van der Waals surface area contributed by atoms with E-state index in [-0.39, 0.29) is 44.6 Å². The molecule has 1 amide bonds. The van der Waals surface area contributed by atoms with E-state index in [1.165, 1.54) is 5.06 Å². The Morgan fingerprint density at radius 2 is 1.76 bits per heavy atom. The van der Waals surface area contributed by atoms with Crippen LogP contribution in [0.25, 0.3) is 6.08 Å². The number of carbonyl (C=O) groups excluding carboxylic acids is 2. The number of nitrogens with one attached hydrogen (secondary N) is 1. The van der Waals surface area contributed by atoms with E-state index in [4.69, 9.17) is 28.5 Å². The summed E-state index contributed by atoms with van der Waals surface area (Å²) < 4.78 is 30.7. The third-order valence-electron chi connectivity index (χ3n) is 11.2. The second-order valence-electron chi connectivity index (χ2n) is 14.3. The topological polar surface area (TPSA) is 206 Å². The minimum Gasteiger partial charge on any atom is -0.458 e. The molecule has 15 nitrogen and oxygen atoms in total. The summed E-state index contributed by atoms with van der Waals surface area (Å²) in [6.07, 6.45) is -1.91. The lowest BCUT2D eigenvalue weighted by Crippen LogP contribution is -2.69. The first-order valence-corrected chi connectivity index (χ1v) is 17.3. The molecule has 0 radical (unpaired) electrons. The number of aliphatic hydroxyl groups excluding tert-OH is 5. The van der Waals surface area contributed by atoms with Crippen LogP contribution in [0.5, 0.6) is 0 Å². The molecule has 1 aromatic carbocycles. The van der Waals surface area contributed by atoms with Crippen LogP contribution in [0, 0.1) is 17.3 Å². The fourth-order valence-electron chi connectivity index (χ4n) is 8.54. The molecule has 6 N–H and O–H groups in total. The van der Waals surface area contributed by atoms with Crippen LogP contribution in [0.2, 0.25) is 0 Å². The maximum atomic E-state index is 14.1. The van der Waals surface area contributed by atoms with Gasteiger partial charge in [-0.25, -0.2) is 0 Å². The minimum atomic E-state index is -1.55. The lowest BCUT2D eigenvalue weighted by Gasteiger charge is -2.48. The van der Waals surface area contributed by atoms with Crippen molar-refractivity contribution in [2.24, 2.45) is 17.3 Å². The van der Waals surface area contributed by atoms with Gasteiger partial charge in [-0.15, -0.1) is 0 Å². The van der Waals surface area contributed by atoms with E-state index in [1.54, 1.807) is 12.2 Å². The quantitative estimate of drug-likeness (QED) is 0.142. The van der Waals surface area contributed by atoms with Crippen molar-refractivity contribution in [2.45, 2.75) is 106 Å². The van der Waals surface area contributed by atoms with Gasteiger partial charge >= 0.3 is 5.97 Å². The zero-order chi connectivity index (χ0) is 34.1. The largest absolute Gasteiger partial charge is 0.458 e. The van der Waals surface area contributed by atoms with Gasteiger partial charge in [0.1, 0.15) is 54.2 Å². The van der Waals surface area contributed by atoms with E-state index in [9.17, 15) is 35.1 Å². The third kappa shape index (κ3) is 5.54. The summed E-state index contributed by atoms with van der Waals surface area (Å²) in [5, 5.41) is 53.7. The molecule has 0 spiro atoms. The fourth-order valence-corrected chi connectivity index (χ4v) is 8.54. The highest BCUT2D eigenvalue weighted by Crippen LogP contribution is 2.63. The number of benzene rings is 1. The number of rotatable bonds is 12. The van der Waals surface area contributed by atoms with E-state index in [0.717, 1.165) is 36.8 Å². The Hall–Kier alpha value is -2.54. The Kier molecular flexibility index (Phi) is 8.84. The van der Waals surface area contributed by atoms with Gasteiger partial charge in [0.25, 0.3) is 0 Å². The van der Waals surface area contributed by atoms with Crippen molar-refractivity contribution in [1.82, 2.24) is 10.4 Å². The molecule has 4 aliphatic heterocycles. The molecule has 1 aromatic rings. The van der Waals surface area contributed by atoms with Crippen LogP contribution in [0.4, 0.5) is 0 Å². The molecule has 268 valence electrons. The number of carbonyl (C=O) groups is 2. The van der Waals surface area contributed by atoms with Gasteiger partial charge in [0.05, 0.1) is 26.4 Å². The SMILES string of the molecule is O=C1OC2CC3(C(=O)NCCO)C(ON(Cc4ccccc4C=CCOC4OC(CO)C(O)C(O)C4O)C13)C1OC(C3CC3)(C3CC3)OC21. The van der Waals surface area contributed by atoms with E-state index in [0.29, 0.717) is 0 Å². The standard InChI is InChI=1S/C34H44N2O13/c37-12-11-35-32(43)33-14-21-26-27(48-34(47-26,19-7-8-19)20-9-10-20)29(33)49-36(28(33)30(42)45-21)15-18-5-2-1-4-17(18)6-3-13-44-31-25(41)24(40)23(39)22(16-38)46-31/h1-6,19-29,31,37-41H,7-16H2,(H,35,43). The molecule has 0 aromatic heterocycles. The first kappa shape index (κ1) is 33.6. The van der Waals surface area contributed by atoms with E-state index >= 15 is 0 Å². The maximum absolute atomic E-state index is 14.1. The highest BCUT2D eigenvalue weighted by molar-refractivity contribution is 5.93. The van der Waals surface area contributed by atoms with Crippen molar-refractivity contribution in [1.29, 1.82) is 0 Å². The summed E-state index contributed by atoms with van der Waals surface area (Å²) in [6.45, 7) is -0.701. The molecule has 7 fully saturated rings. The average molecular weight is 689 g/mol. The fraction of sp³-hybridized carbons (Fsp3) is 0.706. The number of hydroxylamine groups is 2. The molecule has 4 heterocycles. The van der Waals surface area contributed by atoms with Gasteiger partial charge in [-0.1, -0.05) is 36.4 Å². The van der Waals surface area contributed by atoms with Crippen molar-refractivity contribution in [3.8, 4) is 0 Å². The number of hydrogen-bond donors (Lipinski definition) is 6. The number of esters is 1. The van der Waals surface area contributed by atoms with Crippen LogP contribution in [0.15, 0.2) is 30.3 Å². The van der Waals surface area contributed by atoms with Crippen LogP contribution in [0.1, 0.15) is 43.2 Å². The Bertz CT molecular complexity index is 1440. The molecule has 2 bridgehead atoms. The van der Waals surface area contributed by atoms with Crippen LogP contribution >= 0.6 is 0 Å². The number of hydrogen-bond acceptors (Lipinski definition) is 14. The van der Waals surface area contributed by atoms with Crippen LogP contribution < -0.4 is 5.32 Å². The lowest BCUT2D eigenvalue weighted by molar-refractivity contribution is -0.298. The van der Waals surface area contributed by atoms with Gasteiger partial charge in [0.15, 0.2) is 18.1 Å². The number of aliphatic hydroxyl groups is 5. The number of nitrogens with zero attached hydrogens (tertiary/aromatic N) is 1. The molecule has 11 atom stereocenters. The van der Waals surface area contributed by atoms with E-state index in [2.05, 4.69) is 5.32 Å². The van der Waals surface area contributed by atoms with Crippen LogP contribution in [-0.2, 0) is 44.7 Å². The van der Waals surface area contributed by atoms with E-state index in [1.807, 2.05) is 24.3 Å². The Balaban J connectivity index is 1.03. The lowest BCUT2D eigenvalue weighted by atomic mass is 9.62. The second-order valence-corrected chi connectivity index (χ2v) is 14.3. The van der Waals surface area contributed by atoms with Gasteiger partial charge in [-0.05, 0) is 36.8 Å². The van der Waals surface area contributed by atoms with E-state index < -0.39 is 90.8 Å². The molecule has 4 saturated heterocycles. The van der Waals surface area contributed by atoms with Crippen molar-refractivity contribution < 1.29 is 63.6 Å². The molecule has 3 saturated carbocycles. The van der Waals surface area contributed by atoms with Gasteiger partial charge < -0.3 is 54.5 Å². The number of amides is 1. The Morgan fingerprint density at radius 1 is 1.02 bits per heavy atom. The van der Waals surface area contributed by atoms with Crippen LogP contribution in [-0.4, -0.2) is 136 Å². The zero-order valence-corrected chi connectivity index (χ0v) is 26.9. The summed E-state index contributed by atoms with van der Waals surface area (Å²) in [5.74, 6) is -1.20. The highest BCUT2D eigenvalue weighted by atomic mass is 16.8.